The van der Waals surface area contributed by atoms with E-state index in [1.165, 1.54) is 21.5 Å². The Hall–Kier alpha value is -3.53. The molecule has 1 spiro atoms. The van der Waals surface area contributed by atoms with Crippen LogP contribution in [0.15, 0.2) is 47.7 Å². The lowest BCUT2D eigenvalue weighted by atomic mass is 9.75. The molecule has 3 aromatic rings. The van der Waals surface area contributed by atoms with Crippen LogP contribution in [0.4, 0.5) is 13.2 Å². The SMILES string of the molecule is Cc1cn(-c2cc(CC3=CC4(CCC4)Oc4ccc(C(F)(F)F)cc43)c(C(N)=O)n(CCCl)c2=O)cn1. The van der Waals surface area contributed by atoms with Crippen molar-refractivity contribution in [3.8, 4) is 11.4 Å². The van der Waals surface area contributed by atoms with Crippen LogP contribution in [-0.2, 0) is 19.1 Å². The lowest BCUT2D eigenvalue weighted by Gasteiger charge is -2.43. The fourth-order valence-electron chi connectivity index (χ4n) is 4.98. The number of primary amides is 1. The van der Waals surface area contributed by atoms with E-state index in [2.05, 4.69) is 4.98 Å². The molecule has 11 heteroatoms. The molecule has 0 atom stereocenters. The number of nitrogens with zero attached hydrogens (tertiary/aromatic N) is 3. The van der Waals surface area contributed by atoms with Crippen molar-refractivity contribution in [2.24, 2.45) is 5.73 Å². The zero-order valence-corrected chi connectivity index (χ0v) is 20.7. The van der Waals surface area contributed by atoms with Crippen molar-refractivity contribution in [1.82, 2.24) is 14.1 Å². The van der Waals surface area contributed by atoms with Crippen LogP contribution in [0.3, 0.4) is 0 Å². The van der Waals surface area contributed by atoms with Gasteiger partial charge in [0.2, 0.25) is 0 Å². The molecule has 2 N–H and O–H groups in total. The van der Waals surface area contributed by atoms with Crippen LogP contribution in [0.5, 0.6) is 5.75 Å². The Kier molecular flexibility index (Phi) is 6.18. The molecule has 1 aromatic carbocycles. The highest BCUT2D eigenvalue weighted by molar-refractivity contribution is 6.17. The van der Waals surface area contributed by atoms with Crippen molar-refractivity contribution in [2.75, 3.05) is 5.88 Å². The van der Waals surface area contributed by atoms with Gasteiger partial charge in [0.15, 0.2) is 0 Å². The smallest absolute Gasteiger partial charge is 0.416 e. The number of carbonyl (C=O) groups excluding carboxylic acids is 1. The number of aromatic nitrogens is 3. The number of alkyl halides is 4. The highest BCUT2D eigenvalue weighted by Gasteiger charge is 2.42. The van der Waals surface area contributed by atoms with Crippen LogP contribution in [0.2, 0.25) is 0 Å². The molecule has 0 unspecified atom stereocenters. The highest BCUT2D eigenvalue weighted by Crippen LogP contribution is 2.47. The number of amides is 1. The summed E-state index contributed by atoms with van der Waals surface area (Å²) in [6.45, 7) is 1.79. The Morgan fingerprint density at radius 3 is 2.59 bits per heavy atom. The van der Waals surface area contributed by atoms with E-state index in [0.717, 1.165) is 31.4 Å². The van der Waals surface area contributed by atoms with Crippen LogP contribution in [0, 0.1) is 6.92 Å². The molecular formula is C26H24ClF3N4O3. The Labute approximate surface area is 215 Å². The molecule has 7 nitrogen and oxygen atoms in total. The molecule has 0 radical (unpaired) electrons. The van der Waals surface area contributed by atoms with Crippen LogP contribution >= 0.6 is 11.6 Å². The van der Waals surface area contributed by atoms with Gasteiger partial charge in [-0.15, -0.1) is 11.6 Å². The monoisotopic (exact) mass is 532 g/mol. The van der Waals surface area contributed by atoms with E-state index in [0.29, 0.717) is 22.6 Å². The van der Waals surface area contributed by atoms with E-state index in [9.17, 15) is 22.8 Å². The van der Waals surface area contributed by atoms with E-state index >= 15 is 0 Å². The summed E-state index contributed by atoms with van der Waals surface area (Å²) in [5.74, 6) is -0.435. The van der Waals surface area contributed by atoms with Crippen molar-refractivity contribution in [3.63, 3.8) is 0 Å². The molecule has 1 saturated carbocycles. The number of allylic oxidation sites excluding steroid dienone is 1. The average Bonchev–Trinajstić information content (AvgIpc) is 3.24. The summed E-state index contributed by atoms with van der Waals surface area (Å²) in [6, 6.07) is 4.95. The van der Waals surface area contributed by atoms with Gasteiger partial charge in [-0.2, -0.15) is 13.2 Å². The van der Waals surface area contributed by atoms with E-state index in [-0.39, 0.29) is 35.8 Å². The number of imidazole rings is 1. The molecule has 3 heterocycles. The van der Waals surface area contributed by atoms with Crippen molar-refractivity contribution in [1.29, 1.82) is 0 Å². The standard InChI is InChI=1S/C26H24ClF3N4O3/c1-15-13-33(14-32-15)20-10-16(22(23(31)35)34(8-7-27)24(20)36)9-17-12-25(5-2-6-25)37-21-4-3-18(11-19(17)21)26(28,29)30/h3-4,10-14H,2,5-9H2,1H3,(H2,31,35). The quantitative estimate of drug-likeness (QED) is 0.468. The number of benzene rings is 1. The van der Waals surface area contributed by atoms with Gasteiger partial charge >= 0.3 is 6.18 Å². The predicted molar refractivity (Wildman–Crippen MR) is 132 cm³/mol. The lowest BCUT2D eigenvalue weighted by molar-refractivity contribution is -0.137. The second-order valence-corrected chi connectivity index (χ2v) is 9.79. The van der Waals surface area contributed by atoms with Crippen molar-refractivity contribution in [2.45, 2.75) is 50.9 Å². The van der Waals surface area contributed by atoms with Crippen molar-refractivity contribution >= 4 is 23.1 Å². The topological polar surface area (TPSA) is 92.1 Å². The summed E-state index contributed by atoms with van der Waals surface area (Å²) in [5, 5.41) is 0. The summed E-state index contributed by atoms with van der Waals surface area (Å²) in [5.41, 5.74) is 5.95. The minimum atomic E-state index is -4.54. The van der Waals surface area contributed by atoms with Crippen molar-refractivity contribution < 1.29 is 22.7 Å². The van der Waals surface area contributed by atoms with Gasteiger partial charge in [0.1, 0.15) is 22.7 Å². The number of halogens is 4. The number of hydrogen-bond acceptors (Lipinski definition) is 4. The van der Waals surface area contributed by atoms with Gasteiger partial charge in [-0.05, 0) is 67.7 Å². The second-order valence-electron chi connectivity index (χ2n) is 9.41. The molecule has 1 fully saturated rings. The number of carbonyl (C=O) groups is 1. The van der Waals surface area contributed by atoms with E-state index in [1.807, 2.05) is 6.08 Å². The van der Waals surface area contributed by atoms with Gasteiger partial charge in [0, 0.05) is 30.6 Å². The molecule has 2 aliphatic rings. The minimum Gasteiger partial charge on any atom is -0.483 e. The number of rotatable bonds is 6. The molecule has 0 saturated heterocycles. The first-order valence-electron chi connectivity index (χ1n) is 11.8. The Morgan fingerprint density at radius 2 is 2.03 bits per heavy atom. The third-order valence-corrected chi connectivity index (χ3v) is 7.03. The number of fused-ring (bicyclic) bond motifs is 1. The summed E-state index contributed by atoms with van der Waals surface area (Å²) in [7, 11) is 0. The number of aryl methyl sites for hydroxylation is 1. The maximum absolute atomic E-state index is 13.6. The fraction of sp³-hybridized carbons (Fsp3) is 0.346. The van der Waals surface area contributed by atoms with Gasteiger partial charge in [0.25, 0.3) is 11.5 Å². The molecule has 1 aliphatic carbocycles. The minimum absolute atomic E-state index is 0.0219. The van der Waals surface area contributed by atoms with Crippen LogP contribution in [0.25, 0.3) is 11.3 Å². The van der Waals surface area contributed by atoms with Gasteiger partial charge in [-0.1, -0.05) is 0 Å². The van der Waals surface area contributed by atoms with Gasteiger partial charge in [-0.3, -0.25) is 9.59 Å². The third kappa shape index (κ3) is 4.54. The Balaban J connectivity index is 1.70. The molecule has 37 heavy (non-hydrogen) atoms. The molecule has 5 rings (SSSR count). The first-order chi connectivity index (χ1) is 17.5. The molecule has 0 bridgehead atoms. The molecule has 2 aromatic heterocycles. The van der Waals surface area contributed by atoms with E-state index in [1.54, 1.807) is 19.2 Å². The van der Waals surface area contributed by atoms with E-state index in [4.69, 9.17) is 22.1 Å². The fourth-order valence-corrected chi connectivity index (χ4v) is 5.15. The summed E-state index contributed by atoms with van der Waals surface area (Å²) >= 11 is 5.96. The highest BCUT2D eigenvalue weighted by atomic mass is 35.5. The van der Waals surface area contributed by atoms with Crippen LogP contribution < -0.4 is 16.0 Å². The summed E-state index contributed by atoms with van der Waals surface area (Å²) in [4.78, 5) is 30.1. The van der Waals surface area contributed by atoms with Gasteiger partial charge in [0.05, 0.1) is 17.6 Å². The van der Waals surface area contributed by atoms with E-state index < -0.39 is 28.8 Å². The van der Waals surface area contributed by atoms with Crippen LogP contribution in [-0.4, -0.2) is 31.5 Å². The molecule has 1 amide bonds. The summed E-state index contributed by atoms with van der Waals surface area (Å²) < 4.78 is 49.6. The Bertz CT molecular complexity index is 1490. The average molecular weight is 533 g/mol. The molecule has 1 aliphatic heterocycles. The lowest BCUT2D eigenvalue weighted by Crippen LogP contribution is -2.43. The first kappa shape index (κ1) is 25.1. The zero-order chi connectivity index (χ0) is 26.5. The maximum atomic E-state index is 13.6. The van der Waals surface area contributed by atoms with Crippen LogP contribution in [0.1, 0.15) is 52.1 Å². The van der Waals surface area contributed by atoms with Gasteiger partial charge < -0.3 is 19.6 Å². The Morgan fingerprint density at radius 1 is 1.27 bits per heavy atom. The predicted octanol–water partition coefficient (Wildman–Crippen LogP) is 4.64. The number of ether oxygens (including phenoxy) is 1. The molecular weight excluding hydrogens is 509 g/mol. The maximum Gasteiger partial charge on any atom is 0.416 e. The number of pyridine rings is 1. The second kappa shape index (κ2) is 9.09. The normalized spacial score (nSPS) is 16.1. The number of nitrogens with two attached hydrogens (primary N) is 1. The zero-order valence-electron chi connectivity index (χ0n) is 19.9. The van der Waals surface area contributed by atoms with Gasteiger partial charge in [-0.25, -0.2) is 4.98 Å². The number of hydrogen-bond donors (Lipinski definition) is 1. The third-order valence-electron chi connectivity index (χ3n) is 6.86. The van der Waals surface area contributed by atoms with Crippen molar-refractivity contribution in [3.05, 3.63) is 81.3 Å². The largest absolute Gasteiger partial charge is 0.483 e. The molecule has 194 valence electrons. The summed E-state index contributed by atoms with van der Waals surface area (Å²) in [6.07, 6.45) is 2.89. The first-order valence-corrected chi connectivity index (χ1v) is 12.3.